The van der Waals surface area contributed by atoms with Crippen LogP contribution in [0.25, 0.3) is 0 Å². The lowest BCUT2D eigenvalue weighted by molar-refractivity contribution is 0.223. The predicted octanol–water partition coefficient (Wildman–Crippen LogP) is 4.05. The molecule has 2 aromatic rings. The van der Waals surface area contributed by atoms with Crippen molar-refractivity contribution in [2.45, 2.75) is 19.0 Å². The van der Waals surface area contributed by atoms with Gasteiger partial charge in [-0.15, -0.1) is 0 Å². The van der Waals surface area contributed by atoms with Crippen molar-refractivity contribution in [1.82, 2.24) is 10.6 Å². The molecule has 1 aliphatic heterocycles. The minimum atomic E-state index is -0.671. The minimum Gasteiger partial charge on any atom is -0.493 e. The first kappa shape index (κ1) is 16.7. The smallest absolute Gasteiger partial charge is 0.315 e. The molecule has 2 amide bonds. The molecule has 4 nitrogen and oxygen atoms in total. The third-order valence-corrected chi connectivity index (χ3v) is 4.19. The number of hydrogen-bond acceptors (Lipinski definition) is 2. The summed E-state index contributed by atoms with van der Waals surface area (Å²) in [5, 5.41) is 5.47. The van der Waals surface area contributed by atoms with Crippen molar-refractivity contribution in [3.63, 3.8) is 0 Å². The highest BCUT2D eigenvalue weighted by Crippen LogP contribution is 2.33. The number of hydrogen-bond donors (Lipinski definition) is 2. The Morgan fingerprint density at radius 1 is 1.21 bits per heavy atom. The Kier molecular flexibility index (Phi) is 4.99. The standard InChI is InChI=1S/C17H15BrF2N2O2/c18-11-1-2-16-14(7-11)15(3-4-24-16)22-17(23)21-9-10-5-12(19)8-13(20)6-10/h1-2,5-8,15H,3-4,9H2,(H2,21,22,23). The molecule has 0 radical (unpaired) electrons. The molecule has 0 fully saturated rings. The van der Waals surface area contributed by atoms with Gasteiger partial charge in [0.15, 0.2) is 0 Å². The number of carbonyl (C=O) groups excluding carboxylic acids is 1. The number of nitrogens with one attached hydrogen (secondary N) is 2. The molecule has 1 unspecified atom stereocenters. The highest BCUT2D eigenvalue weighted by Gasteiger charge is 2.23. The first-order valence-corrected chi connectivity index (χ1v) is 8.22. The van der Waals surface area contributed by atoms with E-state index in [0.29, 0.717) is 18.6 Å². The average Bonchev–Trinajstić information content (AvgIpc) is 2.53. The van der Waals surface area contributed by atoms with Gasteiger partial charge in [-0.3, -0.25) is 0 Å². The summed E-state index contributed by atoms with van der Waals surface area (Å²) >= 11 is 3.40. The molecule has 0 aromatic heterocycles. The van der Waals surface area contributed by atoms with Crippen LogP contribution in [-0.4, -0.2) is 12.6 Å². The second kappa shape index (κ2) is 7.17. The first-order chi connectivity index (χ1) is 11.5. The summed E-state index contributed by atoms with van der Waals surface area (Å²) in [6.45, 7) is 0.545. The van der Waals surface area contributed by atoms with Crippen molar-refractivity contribution in [3.05, 3.63) is 63.6 Å². The molecule has 126 valence electrons. The molecular formula is C17H15BrF2N2O2. The Morgan fingerprint density at radius 3 is 2.71 bits per heavy atom. The van der Waals surface area contributed by atoms with E-state index in [2.05, 4.69) is 26.6 Å². The largest absolute Gasteiger partial charge is 0.493 e. The molecule has 0 aliphatic carbocycles. The Labute approximate surface area is 146 Å². The van der Waals surface area contributed by atoms with Gasteiger partial charge in [-0.2, -0.15) is 0 Å². The first-order valence-electron chi connectivity index (χ1n) is 7.43. The van der Waals surface area contributed by atoms with Crippen LogP contribution in [0.3, 0.4) is 0 Å². The van der Waals surface area contributed by atoms with Gasteiger partial charge in [-0.25, -0.2) is 13.6 Å². The lowest BCUT2D eigenvalue weighted by Gasteiger charge is -2.27. The summed E-state index contributed by atoms with van der Waals surface area (Å²) in [5.74, 6) is -0.604. The Hall–Kier alpha value is -2.15. The summed E-state index contributed by atoms with van der Waals surface area (Å²) in [7, 11) is 0. The highest BCUT2D eigenvalue weighted by molar-refractivity contribution is 9.10. The number of amides is 2. The van der Waals surface area contributed by atoms with Crippen molar-refractivity contribution in [3.8, 4) is 5.75 Å². The van der Waals surface area contributed by atoms with E-state index >= 15 is 0 Å². The van der Waals surface area contributed by atoms with E-state index in [-0.39, 0.29) is 12.6 Å². The number of fused-ring (bicyclic) bond motifs is 1. The third kappa shape index (κ3) is 4.03. The van der Waals surface area contributed by atoms with E-state index in [9.17, 15) is 13.6 Å². The predicted molar refractivity (Wildman–Crippen MR) is 88.7 cm³/mol. The summed E-state index contributed by atoms with van der Waals surface area (Å²) in [6.07, 6.45) is 0.644. The van der Waals surface area contributed by atoms with Crippen molar-refractivity contribution in [1.29, 1.82) is 0 Å². The number of halogens is 3. The quantitative estimate of drug-likeness (QED) is 0.821. The molecular weight excluding hydrogens is 382 g/mol. The van der Waals surface area contributed by atoms with Crippen LogP contribution >= 0.6 is 15.9 Å². The topological polar surface area (TPSA) is 50.4 Å². The van der Waals surface area contributed by atoms with Crippen LogP contribution in [-0.2, 0) is 6.54 Å². The van der Waals surface area contributed by atoms with Crippen LogP contribution < -0.4 is 15.4 Å². The van der Waals surface area contributed by atoms with Crippen LogP contribution in [0.4, 0.5) is 13.6 Å². The van der Waals surface area contributed by atoms with E-state index in [4.69, 9.17) is 4.74 Å². The Balaban J connectivity index is 1.63. The van der Waals surface area contributed by atoms with Gasteiger partial charge in [0, 0.05) is 29.1 Å². The Bertz CT molecular complexity index is 750. The molecule has 24 heavy (non-hydrogen) atoms. The zero-order valence-electron chi connectivity index (χ0n) is 12.6. The number of carbonyl (C=O) groups is 1. The molecule has 1 aliphatic rings. The van der Waals surface area contributed by atoms with E-state index in [1.807, 2.05) is 18.2 Å². The lowest BCUT2D eigenvalue weighted by Crippen LogP contribution is -2.39. The molecule has 2 N–H and O–H groups in total. The van der Waals surface area contributed by atoms with Crippen LogP contribution in [0.5, 0.6) is 5.75 Å². The van der Waals surface area contributed by atoms with Gasteiger partial charge >= 0.3 is 6.03 Å². The lowest BCUT2D eigenvalue weighted by atomic mass is 10.0. The summed E-state index contributed by atoms with van der Waals surface area (Å²) in [4.78, 5) is 12.1. The molecule has 1 atom stereocenters. The normalized spacial score (nSPS) is 16.0. The maximum atomic E-state index is 13.1. The third-order valence-electron chi connectivity index (χ3n) is 3.69. The summed E-state index contributed by atoms with van der Waals surface area (Å²) in [6, 6.07) is 8.20. The van der Waals surface area contributed by atoms with Crippen molar-refractivity contribution in [2.24, 2.45) is 0 Å². The van der Waals surface area contributed by atoms with Crippen molar-refractivity contribution >= 4 is 22.0 Å². The minimum absolute atomic E-state index is 0.0368. The second-order valence-electron chi connectivity index (χ2n) is 5.48. The molecule has 1 heterocycles. The number of ether oxygens (including phenoxy) is 1. The van der Waals surface area contributed by atoms with Crippen LogP contribution in [0.1, 0.15) is 23.6 Å². The van der Waals surface area contributed by atoms with Gasteiger partial charge < -0.3 is 15.4 Å². The van der Waals surface area contributed by atoms with Crippen molar-refractivity contribution in [2.75, 3.05) is 6.61 Å². The van der Waals surface area contributed by atoms with Crippen molar-refractivity contribution < 1.29 is 18.3 Å². The molecule has 3 rings (SSSR count). The van der Waals surface area contributed by atoms with Crippen LogP contribution in [0, 0.1) is 11.6 Å². The van der Waals surface area contributed by atoms with Gasteiger partial charge in [-0.1, -0.05) is 15.9 Å². The van der Waals surface area contributed by atoms with Gasteiger partial charge in [0.25, 0.3) is 0 Å². The molecule has 0 bridgehead atoms. The van der Waals surface area contributed by atoms with E-state index in [1.54, 1.807) is 0 Å². The molecule has 7 heteroatoms. The SMILES string of the molecule is O=C(NCc1cc(F)cc(F)c1)NC1CCOc2ccc(Br)cc21. The highest BCUT2D eigenvalue weighted by atomic mass is 79.9. The summed E-state index contributed by atoms with van der Waals surface area (Å²) < 4.78 is 32.8. The number of benzene rings is 2. The molecule has 2 aromatic carbocycles. The van der Waals surface area contributed by atoms with Gasteiger partial charge in [0.2, 0.25) is 0 Å². The Morgan fingerprint density at radius 2 is 1.96 bits per heavy atom. The monoisotopic (exact) mass is 396 g/mol. The maximum absolute atomic E-state index is 13.1. The zero-order chi connectivity index (χ0) is 17.1. The molecule has 0 saturated carbocycles. The average molecular weight is 397 g/mol. The fourth-order valence-corrected chi connectivity index (χ4v) is 3.00. The van der Waals surface area contributed by atoms with Gasteiger partial charge in [-0.05, 0) is 35.9 Å². The van der Waals surface area contributed by atoms with E-state index in [0.717, 1.165) is 21.9 Å². The number of rotatable bonds is 3. The number of urea groups is 1. The van der Waals surface area contributed by atoms with Crippen LogP contribution in [0.2, 0.25) is 0 Å². The second-order valence-corrected chi connectivity index (χ2v) is 6.39. The molecule has 0 saturated heterocycles. The fraction of sp³-hybridized carbons (Fsp3) is 0.235. The van der Waals surface area contributed by atoms with Gasteiger partial charge in [0.1, 0.15) is 17.4 Å². The van der Waals surface area contributed by atoms with E-state index in [1.165, 1.54) is 12.1 Å². The zero-order valence-corrected chi connectivity index (χ0v) is 14.2. The maximum Gasteiger partial charge on any atom is 0.315 e. The van der Waals surface area contributed by atoms with Gasteiger partial charge in [0.05, 0.1) is 12.6 Å². The molecule has 0 spiro atoms. The van der Waals surface area contributed by atoms with Crippen LogP contribution in [0.15, 0.2) is 40.9 Å². The summed E-state index contributed by atoms with van der Waals surface area (Å²) in [5.41, 5.74) is 1.25. The van der Waals surface area contributed by atoms with E-state index < -0.39 is 17.7 Å². The fourth-order valence-electron chi connectivity index (χ4n) is 2.62.